The third-order valence-corrected chi connectivity index (χ3v) is 4.51. The number of nitrogens with zero attached hydrogens (tertiary/aromatic N) is 1. The van der Waals surface area contributed by atoms with Crippen LogP contribution < -0.4 is 10.1 Å². The largest absolute Gasteiger partial charge is 0.573 e. The van der Waals surface area contributed by atoms with Gasteiger partial charge in [-0.3, -0.25) is 4.79 Å². The molecule has 0 saturated carbocycles. The van der Waals surface area contributed by atoms with Crippen LogP contribution in [0.25, 0.3) is 0 Å². The molecule has 0 spiro atoms. The zero-order valence-electron chi connectivity index (χ0n) is 16.0. The summed E-state index contributed by atoms with van der Waals surface area (Å²) in [5, 5.41) is 22.1. The Morgan fingerprint density at radius 2 is 1.86 bits per heavy atom. The highest BCUT2D eigenvalue weighted by atomic mass is 35.5. The predicted octanol–water partition coefficient (Wildman–Crippen LogP) is 5.67. The molecule has 29 heavy (non-hydrogen) atoms. The Morgan fingerprint density at radius 3 is 2.38 bits per heavy atom. The first-order valence-electron chi connectivity index (χ1n) is 8.38. The summed E-state index contributed by atoms with van der Waals surface area (Å²) in [6.45, 7) is 6.94. The Hall–Kier alpha value is -2.92. The van der Waals surface area contributed by atoms with Gasteiger partial charge in [-0.05, 0) is 36.1 Å². The van der Waals surface area contributed by atoms with E-state index in [-0.39, 0.29) is 33.1 Å². The van der Waals surface area contributed by atoms with Crippen molar-refractivity contribution in [1.82, 2.24) is 0 Å². The van der Waals surface area contributed by atoms with Gasteiger partial charge in [0.25, 0.3) is 5.91 Å². The number of hydrogen-bond donors (Lipinski definition) is 2. The van der Waals surface area contributed by atoms with E-state index in [9.17, 15) is 23.1 Å². The van der Waals surface area contributed by atoms with Crippen molar-refractivity contribution in [2.45, 2.75) is 39.5 Å². The van der Waals surface area contributed by atoms with Crippen molar-refractivity contribution in [3.8, 4) is 17.6 Å². The van der Waals surface area contributed by atoms with E-state index in [2.05, 4.69) is 10.1 Å². The average molecular weight is 427 g/mol. The second-order valence-electron chi connectivity index (χ2n) is 7.33. The number of anilines is 1. The highest BCUT2D eigenvalue weighted by Crippen LogP contribution is 2.39. The van der Waals surface area contributed by atoms with Crippen molar-refractivity contribution in [2.75, 3.05) is 5.32 Å². The molecule has 0 aliphatic rings. The molecule has 0 unspecified atom stereocenters. The minimum absolute atomic E-state index is 0.0842. The molecular weight excluding hydrogens is 409 g/mol. The molecule has 0 bridgehead atoms. The average Bonchev–Trinajstić information content (AvgIpc) is 2.57. The van der Waals surface area contributed by atoms with Crippen LogP contribution in [-0.2, 0) is 5.41 Å². The van der Waals surface area contributed by atoms with Gasteiger partial charge in [0.05, 0.1) is 22.9 Å². The molecule has 0 heterocycles. The van der Waals surface area contributed by atoms with Crippen molar-refractivity contribution >= 4 is 23.2 Å². The van der Waals surface area contributed by atoms with Gasteiger partial charge in [-0.2, -0.15) is 5.26 Å². The van der Waals surface area contributed by atoms with Gasteiger partial charge in [-0.15, -0.1) is 13.2 Å². The molecule has 0 atom stereocenters. The standard InChI is InChI=1S/C20H18ClF3N2O3/c1-10-13(21)8-12(19(2,3)4)17(27)16(10)18(28)26-14-6-5-11(9-25)7-15(14)29-20(22,23)24/h5-8,27H,1-4H3,(H,26,28). The highest BCUT2D eigenvalue weighted by molar-refractivity contribution is 6.32. The summed E-state index contributed by atoms with van der Waals surface area (Å²) < 4.78 is 42.0. The van der Waals surface area contributed by atoms with Crippen LogP contribution in [0.5, 0.6) is 11.5 Å². The number of alkyl halides is 3. The summed E-state index contributed by atoms with van der Waals surface area (Å²) in [6.07, 6.45) is -5.03. The fraction of sp³-hybridized carbons (Fsp3) is 0.300. The molecule has 0 aromatic heterocycles. The first-order chi connectivity index (χ1) is 13.2. The van der Waals surface area contributed by atoms with Crippen LogP contribution in [0, 0.1) is 18.3 Å². The van der Waals surface area contributed by atoms with Crippen molar-refractivity contribution in [1.29, 1.82) is 5.26 Å². The zero-order chi connectivity index (χ0) is 22.1. The highest BCUT2D eigenvalue weighted by Gasteiger charge is 2.33. The van der Waals surface area contributed by atoms with E-state index in [0.29, 0.717) is 5.56 Å². The van der Waals surface area contributed by atoms with Gasteiger partial charge in [0.2, 0.25) is 0 Å². The maximum atomic E-state index is 12.8. The molecule has 2 N–H and O–H groups in total. The lowest BCUT2D eigenvalue weighted by molar-refractivity contribution is -0.274. The quantitative estimate of drug-likeness (QED) is 0.662. The molecule has 0 fully saturated rings. The molecule has 5 nitrogen and oxygen atoms in total. The van der Waals surface area contributed by atoms with Crippen molar-refractivity contribution in [3.63, 3.8) is 0 Å². The van der Waals surface area contributed by atoms with Gasteiger partial charge >= 0.3 is 6.36 Å². The SMILES string of the molecule is Cc1c(Cl)cc(C(C)(C)C)c(O)c1C(=O)Nc1ccc(C#N)cc1OC(F)(F)F. The number of benzene rings is 2. The monoisotopic (exact) mass is 426 g/mol. The molecule has 154 valence electrons. The number of carbonyl (C=O) groups excluding carboxylic acids is 1. The first-order valence-corrected chi connectivity index (χ1v) is 8.76. The molecule has 2 rings (SSSR count). The summed E-state index contributed by atoms with van der Waals surface area (Å²) in [5.74, 6) is -1.94. The zero-order valence-corrected chi connectivity index (χ0v) is 16.8. The van der Waals surface area contributed by atoms with Crippen molar-refractivity contribution < 1.29 is 27.8 Å². The van der Waals surface area contributed by atoms with E-state index in [0.717, 1.165) is 12.1 Å². The topological polar surface area (TPSA) is 82.4 Å². The number of phenolic OH excluding ortho intramolecular Hbond substituents is 1. The summed E-state index contributed by atoms with van der Waals surface area (Å²) in [6, 6.07) is 6.43. The van der Waals surface area contributed by atoms with Crippen LogP contribution in [0.15, 0.2) is 24.3 Å². The van der Waals surface area contributed by atoms with E-state index in [1.165, 1.54) is 13.0 Å². The number of amides is 1. The summed E-state index contributed by atoms with van der Waals surface area (Å²) >= 11 is 6.20. The Kier molecular flexibility index (Phi) is 6.04. The van der Waals surface area contributed by atoms with Crippen molar-refractivity contribution in [2.24, 2.45) is 0 Å². The number of aromatic hydroxyl groups is 1. The number of carbonyl (C=O) groups is 1. The van der Waals surface area contributed by atoms with Gasteiger partial charge < -0.3 is 15.2 Å². The molecular formula is C20H18ClF3N2O3. The van der Waals surface area contributed by atoms with Crippen LogP contribution in [0.1, 0.15) is 47.8 Å². The minimum Gasteiger partial charge on any atom is -0.507 e. The van der Waals surface area contributed by atoms with Gasteiger partial charge in [0.1, 0.15) is 5.75 Å². The summed E-state index contributed by atoms with van der Waals surface area (Å²) in [4.78, 5) is 12.8. The van der Waals surface area contributed by atoms with E-state index >= 15 is 0 Å². The van der Waals surface area contributed by atoms with E-state index in [4.69, 9.17) is 16.9 Å². The maximum absolute atomic E-state index is 12.8. The second kappa shape index (κ2) is 7.84. The predicted molar refractivity (Wildman–Crippen MR) is 102 cm³/mol. The molecule has 9 heteroatoms. The summed E-state index contributed by atoms with van der Waals surface area (Å²) in [7, 11) is 0. The lowest BCUT2D eigenvalue weighted by atomic mass is 9.84. The second-order valence-corrected chi connectivity index (χ2v) is 7.74. The lowest BCUT2D eigenvalue weighted by Gasteiger charge is -2.24. The van der Waals surface area contributed by atoms with E-state index in [1.807, 2.05) is 20.8 Å². The van der Waals surface area contributed by atoms with Crippen LogP contribution in [0.4, 0.5) is 18.9 Å². The molecule has 0 radical (unpaired) electrons. The third-order valence-electron chi connectivity index (χ3n) is 4.12. The number of nitrogens with one attached hydrogen (secondary N) is 1. The number of phenols is 1. The van der Waals surface area contributed by atoms with Crippen LogP contribution in [-0.4, -0.2) is 17.4 Å². The maximum Gasteiger partial charge on any atom is 0.573 e. The summed E-state index contributed by atoms with van der Waals surface area (Å²) in [5.41, 5.74) is -0.437. The van der Waals surface area contributed by atoms with Gasteiger partial charge in [0.15, 0.2) is 5.75 Å². The molecule has 2 aromatic rings. The molecule has 2 aromatic carbocycles. The lowest BCUT2D eigenvalue weighted by Crippen LogP contribution is -2.21. The minimum atomic E-state index is -5.03. The Morgan fingerprint density at radius 1 is 1.24 bits per heavy atom. The van der Waals surface area contributed by atoms with Crippen molar-refractivity contribution in [3.05, 3.63) is 51.5 Å². The normalized spacial score (nSPS) is 11.7. The fourth-order valence-electron chi connectivity index (χ4n) is 2.67. The Bertz CT molecular complexity index is 1010. The number of halogens is 4. The molecule has 0 aliphatic heterocycles. The fourth-order valence-corrected chi connectivity index (χ4v) is 2.88. The number of nitriles is 1. The van der Waals surface area contributed by atoms with Gasteiger partial charge in [0, 0.05) is 16.7 Å². The van der Waals surface area contributed by atoms with Gasteiger partial charge in [-0.1, -0.05) is 32.4 Å². The first kappa shape index (κ1) is 22.4. The molecule has 0 saturated heterocycles. The smallest absolute Gasteiger partial charge is 0.507 e. The van der Waals surface area contributed by atoms with E-state index in [1.54, 1.807) is 12.1 Å². The number of ether oxygens (including phenoxy) is 1. The Balaban J connectivity index is 2.54. The third kappa shape index (κ3) is 5.12. The Labute approximate surface area is 170 Å². The van der Waals surface area contributed by atoms with Crippen LogP contribution in [0.3, 0.4) is 0 Å². The molecule has 0 aliphatic carbocycles. The van der Waals surface area contributed by atoms with Crippen LogP contribution in [0.2, 0.25) is 5.02 Å². The molecule has 1 amide bonds. The van der Waals surface area contributed by atoms with E-state index < -0.39 is 23.4 Å². The van der Waals surface area contributed by atoms with Gasteiger partial charge in [-0.25, -0.2) is 0 Å². The van der Waals surface area contributed by atoms with Crippen LogP contribution >= 0.6 is 11.6 Å². The number of rotatable bonds is 3. The number of hydrogen-bond acceptors (Lipinski definition) is 4.